The van der Waals surface area contributed by atoms with Crippen LogP contribution in [0.15, 0.2) is 24.3 Å². The lowest BCUT2D eigenvalue weighted by molar-refractivity contribution is -0.115. The fourth-order valence-corrected chi connectivity index (χ4v) is 1.85. The lowest BCUT2D eigenvalue weighted by Gasteiger charge is -2.20. The van der Waals surface area contributed by atoms with Crippen molar-refractivity contribution in [3.8, 4) is 12.1 Å². The number of carbonyl (C=O) groups is 2. The lowest BCUT2D eigenvalue weighted by atomic mass is 10.1. The molecule has 0 aliphatic rings. The van der Waals surface area contributed by atoms with E-state index in [0.717, 1.165) is 0 Å². The molecule has 0 radical (unpaired) electrons. The fraction of sp³-hybridized carbons (Fsp3) is 0.375. The van der Waals surface area contributed by atoms with Crippen LogP contribution in [0, 0.1) is 22.7 Å². The summed E-state index contributed by atoms with van der Waals surface area (Å²) in [5.41, 5.74) is 0.975. The number of rotatable bonds is 7. The van der Waals surface area contributed by atoms with Crippen molar-refractivity contribution in [3.63, 3.8) is 0 Å². The van der Waals surface area contributed by atoms with E-state index in [-0.39, 0.29) is 37.7 Å². The maximum Gasteiger partial charge on any atom is 0.253 e. The first kappa shape index (κ1) is 17.2. The molecule has 1 aromatic carbocycles. The summed E-state index contributed by atoms with van der Waals surface area (Å²) in [6.45, 7) is 2.31. The molecule has 0 aliphatic heterocycles. The second-order valence-corrected chi connectivity index (χ2v) is 4.59. The Balaban J connectivity index is 2.88. The van der Waals surface area contributed by atoms with Gasteiger partial charge in [-0.25, -0.2) is 0 Å². The SMILES string of the molecule is CCC(=O)Nc1cccc(C(=O)N(CCC#N)CCC#N)c1. The quantitative estimate of drug-likeness (QED) is 0.835. The number of nitriles is 2. The van der Waals surface area contributed by atoms with Gasteiger partial charge in [-0.15, -0.1) is 0 Å². The van der Waals surface area contributed by atoms with Gasteiger partial charge in [0.2, 0.25) is 5.91 Å². The fourth-order valence-electron chi connectivity index (χ4n) is 1.85. The Morgan fingerprint density at radius 2 is 1.82 bits per heavy atom. The zero-order valence-corrected chi connectivity index (χ0v) is 12.5. The first-order valence-corrected chi connectivity index (χ1v) is 7.05. The lowest BCUT2D eigenvalue weighted by Crippen LogP contribution is -2.32. The van der Waals surface area contributed by atoms with Gasteiger partial charge in [-0.1, -0.05) is 13.0 Å². The van der Waals surface area contributed by atoms with E-state index in [1.54, 1.807) is 31.2 Å². The zero-order valence-electron chi connectivity index (χ0n) is 12.5. The molecule has 0 saturated heterocycles. The second-order valence-electron chi connectivity index (χ2n) is 4.59. The molecule has 0 saturated carbocycles. The Labute approximate surface area is 129 Å². The zero-order chi connectivity index (χ0) is 16.4. The highest BCUT2D eigenvalue weighted by Gasteiger charge is 2.15. The highest BCUT2D eigenvalue weighted by Crippen LogP contribution is 2.14. The highest BCUT2D eigenvalue weighted by molar-refractivity contribution is 5.97. The number of anilines is 1. The molecule has 6 heteroatoms. The molecule has 1 N–H and O–H groups in total. The van der Waals surface area contributed by atoms with Crippen LogP contribution in [-0.2, 0) is 4.79 Å². The van der Waals surface area contributed by atoms with Crippen LogP contribution in [0.2, 0.25) is 0 Å². The van der Waals surface area contributed by atoms with Crippen LogP contribution in [0.1, 0.15) is 36.5 Å². The molecular formula is C16H18N4O2. The number of nitrogens with zero attached hydrogens (tertiary/aromatic N) is 3. The first-order chi connectivity index (χ1) is 10.6. The van der Waals surface area contributed by atoms with Gasteiger partial charge in [0.15, 0.2) is 0 Å². The third-order valence-corrected chi connectivity index (χ3v) is 2.99. The molecule has 0 bridgehead atoms. The molecule has 6 nitrogen and oxygen atoms in total. The summed E-state index contributed by atoms with van der Waals surface area (Å²) < 4.78 is 0. The van der Waals surface area contributed by atoms with Crippen molar-refractivity contribution >= 4 is 17.5 Å². The third kappa shape index (κ3) is 5.26. The summed E-state index contributed by atoms with van der Waals surface area (Å²) >= 11 is 0. The molecule has 1 rings (SSSR count). The van der Waals surface area contributed by atoms with Crippen LogP contribution >= 0.6 is 0 Å². The number of hydrogen-bond acceptors (Lipinski definition) is 4. The normalized spacial score (nSPS) is 9.41. The Bertz CT molecular complexity index is 595. The van der Waals surface area contributed by atoms with Gasteiger partial charge in [-0.3, -0.25) is 9.59 Å². The summed E-state index contributed by atoms with van der Waals surface area (Å²) in [5.74, 6) is -0.381. The maximum absolute atomic E-state index is 12.5. The van der Waals surface area contributed by atoms with Crippen LogP contribution < -0.4 is 5.32 Å². The van der Waals surface area contributed by atoms with E-state index in [4.69, 9.17) is 10.5 Å². The molecule has 22 heavy (non-hydrogen) atoms. The van der Waals surface area contributed by atoms with Gasteiger partial charge < -0.3 is 10.2 Å². The molecule has 114 valence electrons. The summed E-state index contributed by atoms with van der Waals surface area (Å²) in [5, 5.41) is 20.0. The van der Waals surface area contributed by atoms with Crippen LogP contribution in [0.4, 0.5) is 5.69 Å². The molecule has 0 unspecified atom stereocenters. The molecule has 0 aliphatic carbocycles. The van der Waals surface area contributed by atoms with Gasteiger partial charge in [-0.2, -0.15) is 10.5 Å². The van der Waals surface area contributed by atoms with Crippen LogP contribution in [0.25, 0.3) is 0 Å². The smallest absolute Gasteiger partial charge is 0.253 e. The van der Waals surface area contributed by atoms with Gasteiger partial charge in [0.05, 0.1) is 25.0 Å². The minimum atomic E-state index is -0.252. The van der Waals surface area contributed by atoms with E-state index >= 15 is 0 Å². The van der Waals surface area contributed by atoms with Gasteiger partial charge >= 0.3 is 0 Å². The molecule has 0 atom stereocenters. The maximum atomic E-state index is 12.5. The minimum absolute atomic E-state index is 0.129. The van der Waals surface area contributed by atoms with Crippen molar-refractivity contribution in [2.24, 2.45) is 0 Å². The van der Waals surface area contributed by atoms with Gasteiger partial charge in [0, 0.05) is 30.8 Å². The number of nitrogens with one attached hydrogen (secondary N) is 1. The first-order valence-electron chi connectivity index (χ1n) is 7.05. The number of benzene rings is 1. The average Bonchev–Trinajstić information content (AvgIpc) is 2.54. The Morgan fingerprint density at radius 3 is 2.36 bits per heavy atom. The second kappa shape index (κ2) is 9.15. The molecule has 0 fully saturated rings. The third-order valence-electron chi connectivity index (χ3n) is 2.99. The van der Waals surface area contributed by atoms with Crippen LogP contribution in [0.3, 0.4) is 0 Å². The van der Waals surface area contributed by atoms with Gasteiger partial charge in [-0.05, 0) is 18.2 Å². The Morgan fingerprint density at radius 1 is 1.18 bits per heavy atom. The van der Waals surface area contributed by atoms with Crippen molar-refractivity contribution in [2.45, 2.75) is 26.2 Å². The van der Waals surface area contributed by atoms with E-state index in [0.29, 0.717) is 17.7 Å². The van der Waals surface area contributed by atoms with Crippen molar-refractivity contribution in [3.05, 3.63) is 29.8 Å². The van der Waals surface area contributed by atoms with E-state index in [1.807, 2.05) is 12.1 Å². The van der Waals surface area contributed by atoms with E-state index < -0.39 is 0 Å². The standard InChI is InChI=1S/C16H18N4O2/c1-2-15(21)19-14-7-3-6-13(12-14)16(22)20(10-4-8-17)11-5-9-18/h3,6-7,12H,2,4-5,10-11H2,1H3,(H,19,21). The summed E-state index contributed by atoms with van der Waals surface area (Å²) in [7, 11) is 0. The Kier molecular flexibility index (Phi) is 7.15. The molecule has 0 aromatic heterocycles. The monoisotopic (exact) mass is 298 g/mol. The minimum Gasteiger partial charge on any atom is -0.337 e. The van der Waals surface area contributed by atoms with E-state index in [1.165, 1.54) is 4.90 Å². The summed E-state index contributed by atoms with van der Waals surface area (Å²) in [6.07, 6.45) is 0.779. The van der Waals surface area contributed by atoms with E-state index in [2.05, 4.69) is 5.32 Å². The number of amides is 2. The molecular weight excluding hydrogens is 280 g/mol. The predicted octanol–water partition coefficient (Wildman–Crippen LogP) is 2.30. The molecule has 0 spiro atoms. The average molecular weight is 298 g/mol. The molecule has 0 heterocycles. The molecule has 1 aromatic rings. The van der Waals surface area contributed by atoms with Crippen molar-refractivity contribution in [1.29, 1.82) is 10.5 Å². The summed E-state index contributed by atoms with van der Waals surface area (Å²) in [4.78, 5) is 25.3. The van der Waals surface area contributed by atoms with Crippen molar-refractivity contribution in [1.82, 2.24) is 4.90 Å². The summed E-state index contributed by atoms with van der Waals surface area (Å²) in [6, 6.07) is 10.6. The number of carbonyl (C=O) groups excluding carboxylic acids is 2. The largest absolute Gasteiger partial charge is 0.337 e. The molecule has 2 amide bonds. The Hall–Kier alpha value is -2.86. The number of hydrogen-bond donors (Lipinski definition) is 1. The van der Waals surface area contributed by atoms with Crippen LogP contribution in [0.5, 0.6) is 0 Å². The van der Waals surface area contributed by atoms with Crippen LogP contribution in [-0.4, -0.2) is 29.8 Å². The highest BCUT2D eigenvalue weighted by atomic mass is 16.2. The van der Waals surface area contributed by atoms with Gasteiger partial charge in [0.1, 0.15) is 0 Å². The van der Waals surface area contributed by atoms with E-state index in [9.17, 15) is 9.59 Å². The predicted molar refractivity (Wildman–Crippen MR) is 81.7 cm³/mol. The van der Waals surface area contributed by atoms with Crippen molar-refractivity contribution in [2.75, 3.05) is 18.4 Å². The van der Waals surface area contributed by atoms with Crippen molar-refractivity contribution < 1.29 is 9.59 Å². The topological polar surface area (TPSA) is 97.0 Å². The van der Waals surface area contributed by atoms with Gasteiger partial charge in [0.25, 0.3) is 5.91 Å².